The van der Waals surface area contributed by atoms with Crippen molar-refractivity contribution in [1.29, 1.82) is 0 Å². The molecule has 172 valence electrons. The van der Waals surface area contributed by atoms with E-state index in [1.165, 1.54) is 25.5 Å². The zero-order valence-electron chi connectivity index (χ0n) is 17.9. The number of amides is 1. The maximum absolute atomic E-state index is 12.8. The molecule has 0 atom stereocenters. The largest absolute Gasteiger partial charge is 0.416 e. The summed E-state index contributed by atoms with van der Waals surface area (Å²) in [6.45, 7) is 4.03. The number of nitrogens with one attached hydrogen (secondary N) is 1. The lowest BCUT2D eigenvalue weighted by molar-refractivity contribution is -0.385. The second kappa shape index (κ2) is 9.54. The van der Waals surface area contributed by atoms with Crippen molar-refractivity contribution in [2.45, 2.75) is 64.6 Å². The van der Waals surface area contributed by atoms with Crippen LogP contribution in [0.1, 0.15) is 66.2 Å². The van der Waals surface area contributed by atoms with E-state index >= 15 is 0 Å². The summed E-state index contributed by atoms with van der Waals surface area (Å²) in [5.41, 5.74) is 3.31. The first-order valence-electron chi connectivity index (χ1n) is 10.4. The molecule has 0 bridgehead atoms. The molecule has 1 aromatic heterocycles. The molecule has 0 aliphatic heterocycles. The Hall–Kier alpha value is -3.17. The highest BCUT2D eigenvalue weighted by Gasteiger charge is 2.33. The van der Waals surface area contributed by atoms with Gasteiger partial charge in [-0.25, -0.2) is 5.43 Å². The highest BCUT2D eigenvalue weighted by Crippen LogP contribution is 2.33. The van der Waals surface area contributed by atoms with Gasteiger partial charge < -0.3 is 4.57 Å². The molecule has 1 N–H and O–H groups in total. The quantitative estimate of drug-likeness (QED) is 0.371. The first-order valence-corrected chi connectivity index (χ1v) is 10.4. The maximum atomic E-state index is 12.8. The third-order valence-corrected chi connectivity index (χ3v) is 5.82. The molecule has 3 rings (SSSR count). The monoisotopic (exact) mass is 450 g/mol. The van der Waals surface area contributed by atoms with Gasteiger partial charge in [0.15, 0.2) is 0 Å². The minimum atomic E-state index is -4.71. The molecule has 0 spiro atoms. The van der Waals surface area contributed by atoms with Crippen molar-refractivity contribution in [3.05, 3.63) is 62.5 Å². The van der Waals surface area contributed by atoms with Crippen molar-refractivity contribution in [2.75, 3.05) is 0 Å². The average Bonchev–Trinajstić information content (AvgIpc) is 3.01. The molecule has 0 saturated heterocycles. The highest BCUT2D eigenvalue weighted by molar-refractivity contribution is 5.85. The van der Waals surface area contributed by atoms with Crippen molar-refractivity contribution >= 4 is 17.8 Å². The van der Waals surface area contributed by atoms with Gasteiger partial charge in [0.2, 0.25) is 5.91 Å². The number of nitrogens with zero attached hydrogens (tertiary/aromatic N) is 3. The number of carbonyl (C=O) groups excluding carboxylic acids is 1. The first-order chi connectivity index (χ1) is 15.1. The lowest BCUT2D eigenvalue weighted by atomic mass is 9.95. The predicted octanol–water partition coefficient (Wildman–Crippen LogP) is 5.23. The smallest absolute Gasteiger partial charge is 0.345 e. The number of hydrazone groups is 1. The summed E-state index contributed by atoms with van der Waals surface area (Å²) >= 11 is 0. The van der Waals surface area contributed by atoms with E-state index in [4.69, 9.17) is 0 Å². The number of halogens is 3. The van der Waals surface area contributed by atoms with E-state index in [0.29, 0.717) is 12.1 Å². The third-order valence-electron chi connectivity index (χ3n) is 5.82. The predicted molar refractivity (Wildman–Crippen MR) is 114 cm³/mol. The average molecular weight is 450 g/mol. The fourth-order valence-electron chi connectivity index (χ4n) is 4.28. The summed E-state index contributed by atoms with van der Waals surface area (Å²) in [4.78, 5) is 22.4. The Morgan fingerprint density at radius 2 is 1.94 bits per heavy atom. The van der Waals surface area contributed by atoms with E-state index in [2.05, 4.69) is 15.1 Å². The first kappa shape index (κ1) is 23.5. The van der Waals surface area contributed by atoms with Gasteiger partial charge in [-0.3, -0.25) is 14.9 Å². The highest BCUT2D eigenvalue weighted by atomic mass is 19.4. The van der Waals surface area contributed by atoms with Crippen LogP contribution in [0.2, 0.25) is 0 Å². The van der Waals surface area contributed by atoms with Crippen LogP contribution < -0.4 is 5.43 Å². The molecule has 1 saturated carbocycles. The molecule has 0 radical (unpaired) electrons. The fourth-order valence-corrected chi connectivity index (χ4v) is 4.28. The molecule has 32 heavy (non-hydrogen) atoms. The van der Waals surface area contributed by atoms with E-state index in [1.54, 1.807) is 0 Å². The van der Waals surface area contributed by atoms with Crippen LogP contribution in [0, 0.1) is 24.0 Å². The van der Waals surface area contributed by atoms with Crippen LogP contribution in [0.5, 0.6) is 0 Å². The number of nitro benzene ring substituents is 1. The minimum Gasteiger partial charge on any atom is -0.345 e. The van der Waals surface area contributed by atoms with Crippen molar-refractivity contribution < 1.29 is 22.9 Å². The summed E-state index contributed by atoms with van der Waals surface area (Å²) in [6.07, 6.45) is 2.28. The number of aromatic nitrogens is 1. The van der Waals surface area contributed by atoms with E-state index in [0.717, 1.165) is 41.9 Å². The second-order valence-corrected chi connectivity index (χ2v) is 8.06. The summed E-state index contributed by atoms with van der Waals surface area (Å²) in [6, 6.07) is 4.55. The van der Waals surface area contributed by atoms with Crippen molar-refractivity contribution in [2.24, 2.45) is 5.10 Å². The number of alkyl halides is 3. The Kier molecular flexibility index (Phi) is 7.00. The maximum Gasteiger partial charge on any atom is 0.416 e. The third kappa shape index (κ3) is 5.35. The second-order valence-electron chi connectivity index (χ2n) is 8.06. The Bertz CT molecular complexity index is 1040. The molecule has 1 aliphatic rings. The van der Waals surface area contributed by atoms with E-state index < -0.39 is 34.7 Å². The Morgan fingerprint density at radius 1 is 1.25 bits per heavy atom. The molecule has 1 aliphatic carbocycles. The Morgan fingerprint density at radius 3 is 2.56 bits per heavy atom. The summed E-state index contributed by atoms with van der Waals surface area (Å²) < 4.78 is 40.7. The molecule has 1 heterocycles. The van der Waals surface area contributed by atoms with E-state index in [9.17, 15) is 28.1 Å². The van der Waals surface area contributed by atoms with Crippen LogP contribution in [0.25, 0.3) is 0 Å². The number of nitro groups is 1. The van der Waals surface area contributed by atoms with Gasteiger partial charge in [-0.05, 0) is 38.8 Å². The molecule has 7 nitrogen and oxygen atoms in total. The van der Waals surface area contributed by atoms with Crippen LogP contribution in [-0.4, -0.2) is 21.6 Å². The van der Waals surface area contributed by atoms with Gasteiger partial charge in [0.25, 0.3) is 5.69 Å². The zero-order chi connectivity index (χ0) is 23.5. The van der Waals surface area contributed by atoms with Crippen LogP contribution in [0.3, 0.4) is 0 Å². The van der Waals surface area contributed by atoms with Gasteiger partial charge in [0.1, 0.15) is 0 Å². The van der Waals surface area contributed by atoms with Crippen LogP contribution >= 0.6 is 0 Å². The molecule has 10 heteroatoms. The van der Waals surface area contributed by atoms with E-state index in [-0.39, 0.29) is 5.56 Å². The minimum absolute atomic E-state index is 0.119. The molecule has 0 unspecified atom stereocenters. The van der Waals surface area contributed by atoms with Crippen molar-refractivity contribution in [1.82, 2.24) is 9.99 Å². The Labute approximate surface area is 183 Å². The number of aryl methyl sites for hydroxylation is 1. The molecule has 1 amide bonds. The van der Waals surface area contributed by atoms with Crippen LogP contribution in [-0.2, 0) is 17.4 Å². The SMILES string of the molecule is Cc1cc(/C=N\NC(=O)Cc2ccc(C(F)(F)F)cc2[N+](=O)[O-])c(C)n1C1CCCCC1. The molecular weight excluding hydrogens is 425 g/mol. The number of hydrogen-bond acceptors (Lipinski definition) is 4. The van der Waals surface area contributed by atoms with Gasteiger partial charge in [-0.2, -0.15) is 18.3 Å². The lowest BCUT2D eigenvalue weighted by Gasteiger charge is -2.26. The standard InChI is InChI=1S/C22H25F3N4O3/c1-14-10-17(15(2)28(14)19-6-4-3-5-7-19)13-26-27-21(30)11-16-8-9-18(22(23,24)25)12-20(16)29(31)32/h8-10,12-13,19H,3-7,11H2,1-2H3,(H,27,30)/b26-13-. The van der Waals surface area contributed by atoms with Crippen LogP contribution in [0.15, 0.2) is 29.4 Å². The van der Waals surface area contributed by atoms with Gasteiger partial charge in [-0.1, -0.05) is 25.3 Å². The molecule has 1 aromatic carbocycles. The van der Waals surface area contributed by atoms with Gasteiger partial charge in [0, 0.05) is 34.6 Å². The Balaban J connectivity index is 1.68. The molecule has 1 fully saturated rings. The summed E-state index contributed by atoms with van der Waals surface area (Å²) in [7, 11) is 0. The zero-order valence-corrected chi connectivity index (χ0v) is 17.9. The number of benzene rings is 1. The normalized spacial score (nSPS) is 15.3. The fraction of sp³-hybridized carbons (Fsp3) is 0.455. The lowest BCUT2D eigenvalue weighted by Crippen LogP contribution is -2.20. The van der Waals surface area contributed by atoms with E-state index in [1.807, 2.05) is 19.9 Å². The molecular formula is C22H25F3N4O3. The number of hydrogen-bond donors (Lipinski definition) is 1. The number of carbonyl (C=O) groups is 1. The summed E-state index contributed by atoms with van der Waals surface area (Å²) in [5, 5.41) is 15.1. The molecule has 2 aromatic rings. The topological polar surface area (TPSA) is 89.5 Å². The number of rotatable bonds is 6. The van der Waals surface area contributed by atoms with Crippen molar-refractivity contribution in [3.63, 3.8) is 0 Å². The van der Waals surface area contributed by atoms with Gasteiger partial charge >= 0.3 is 6.18 Å². The van der Waals surface area contributed by atoms with Crippen molar-refractivity contribution in [3.8, 4) is 0 Å². The van der Waals surface area contributed by atoms with Crippen LogP contribution in [0.4, 0.5) is 18.9 Å². The summed E-state index contributed by atoms with van der Waals surface area (Å²) in [5.74, 6) is -0.662. The van der Waals surface area contributed by atoms with Gasteiger partial charge in [0.05, 0.1) is 23.1 Å². The van der Waals surface area contributed by atoms with Gasteiger partial charge in [-0.15, -0.1) is 0 Å².